The van der Waals surface area contributed by atoms with Crippen LogP contribution in [0, 0.1) is 17.3 Å². The van der Waals surface area contributed by atoms with Crippen LogP contribution in [0.15, 0.2) is 0 Å². The molecule has 2 unspecified atom stereocenters. The maximum atomic E-state index is 13.8. The Morgan fingerprint density at radius 3 is 2.17 bits per heavy atom. The molecular weight excluding hydrogens is 446 g/mol. The third-order valence-corrected chi connectivity index (χ3v) is 8.00. The molecule has 0 spiro atoms. The van der Waals surface area contributed by atoms with E-state index < -0.39 is 29.8 Å². The van der Waals surface area contributed by atoms with Crippen LogP contribution in [0.4, 0.5) is 4.79 Å². The molecule has 5 atom stereocenters. The number of nitrogens with one attached hydrogen (secondary N) is 2. The summed E-state index contributed by atoms with van der Waals surface area (Å²) >= 11 is 0. The summed E-state index contributed by atoms with van der Waals surface area (Å²) in [5.74, 6) is -0.187. The van der Waals surface area contributed by atoms with Gasteiger partial charge in [-0.1, -0.05) is 65.2 Å². The topological polar surface area (TPSA) is 105 Å². The van der Waals surface area contributed by atoms with Crippen molar-refractivity contribution in [3.05, 3.63) is 0 Å². The van der Waals surface area contributed by atoms with E-state index >= 15 is 0 Å². The first-order valence-corrected chi connectivity index (χ1v) is 13.5. The molecule has 8 heteroatoms. The van der Waals surface area contributed by atoms with E-state index in [4.69, 9.17) is 4.74 Å². The number of alkyl carbamates (subject to hydrolysis) is 1. The number of aldehydes is 1. The average Bonchev–Trinajstić information content (AvgIpc) is 3.09. The molecule has 3 rings (SSSR count). The van der Waals surface area contributed by atoms with Gasteiger partial charge in [-0.3, -0.25) is 9.59 Å². The number of hydrogen-bond acceptors (Lipinski definition) is 5. The summed E-state index contributed by atoms with van der Waals surface area (Å²) in [5, 5.41) is 5.72. The number of carbonyl (C=O) groups excluding carboxylic acids is 4. The molecule has 2 heterocycles. The lowest BCUT2D eigenvalue weighted by atomic mass is 9.98. The normalized spacial score (nSPS) is 32.5. The quantitative estimate of drug-likeness (QED) is 0.569. The number of amides is 3. The van der Waals surface area contributed by atoms with Gasteiger partial charge in [-0.25, -0.2) is 4.79 Å². The number of ether oxygens (including phenoxy) is 1. The summed E-state index contributed by atoms with van der Waals surface area (Å²) < 4.78 is 5.43. The van der Waals surface area contributed by atoms with E-state index in [9.17, 15) is 19.2 Å². The van der Waals surface area contributed by atoms with Crippen LogP contribution in [-0.4, -0.2) is 59.4 Å². The lowest BCUT2D eigenvalue weighted by Crippen LogP contribution is -2.57. The van der Waals surface area contributed by atoms with Crippen molar-refractivity contribution in [1.29, 1.82) is 0 Å². The Bertz CT molecular complexity index is 790. The predicted molar refractivity (Wildman–Crippen MR) is 134 cm³/mol. The first kappa shape index (κ1) is 27.5. The van der Waals surface area contributed by atoms with Crippen molar-refractivity contribution in [2.45, 2.75) is 123 Å². The van der Waals surface area contributed by atoms with Gasteiger partial charge < -0.3 is 25.1 Å². The van der Waals surface area contributed by atoms with E-state index in [1.54, 1.807) is 25.7 Å². The van der Waals surface area contributed by atoms with Crippen LogP contribution in [0.1, 0.15) is 98.8 Å². The summed E-state index contributed by atoms with van der Waals surface area (Å²) in [5.41, 5.74) is -0.697. The Morgan fingerprint density at radius 2 is 1.60 bits per heavy atom. The summed E-state index contributed by atoms with van der Waals surface area (Å²) in [6, 6.07) is -1.89. The van der Waals surface area contributed by atoms with Crippen LogP contribution in [0.2, 0.25) is 0 Å². The van der Waals surface area contributed by atoms with Crippen molar-refractivity contribution >= 4 is 24.2 Å². The van der Waals surface area contributed by atoms with Crippen LogP contribution < -0.4 is 10.6 Å². The van der Waals surface area contributed by atoms with Gasteiger partial charge in [0.25, 0.3) is 0 Å². The molecule has 3 fully saturated rings. The number of carbonyl (C=O) groups is 4. The standard InChI is InChI=1S/C27H45N3O5/c1-26(2,3)35-25(34)29-20-15-13-11-9-7-6-8-10-12-14-18(17-31)28-23(32)22-21-19(27(21,4)5)16-30(22)24(20)33/h17-22H,6-16H2,1-5H3,(H,28,32)(H,29,34)/t18-,19?,20-,21?,22-/m0/s1. The van der Waals surface area contributed by atoms with E-state index in [1.807, 2.05) is 0 Å². The van der Waals surface area contributed by atoms with Crippen molar-refractivity contribution in [1.82, 2.24) is 15.5 Å². The molecule has 1 saturated carbocycles. The number of hydrogen-bond donors (Lipinski definition) is 2. The van der Waals surface area contributed by atoms with Crippen molar-refractivity contribution in [3.8, 4) is 0 Å². The number of fused-ring (bicyclic) bond motifs is 3. The summed E-state index contributed by atoms with van der Waals surface area (Å²) in [4.78, 5) is 53.1. The van der Waals surface area contributed by atoms with E-state index in [2.05, 4.69) is 24.5 Å². The molecule has 2 aliphatic heterocycles. The highest BCUT2D eigenvalue weighted by Crippen LogP contribution is 2.64. The minimum Gasteiger partial charge on any atom is -0.444 e. The van der Waals surface area contributed by atoms with Crippen molar-refractivity contribution < 1.29 is 23.9 Å². The number of rotatable bonds is 2. The van der Waals surface area contributed by atoms with Gasteiger partial charge in [0.05, 0.1) is 6.04 Å². The monoisotopic (exact) mass is 491 g/mol. The minimum absolute atomic E-state index is 0.0255. The Kier molecular flexibility index (Phi) is 8.86. The highest BCUT2D eigenvalue weighted by Gasteiger charge is 2.69. The van der Waals surface area contributed by atoms with Crippen LogP contribution in [0.25, 0.3) is 0 Å². The van der Waals surface area contributed by atoms with Gasteiger partial charge in [-0.2, -0.15) is 0 Å². The van der Waals surface area contributed by atoms with Gasteiger partial charge in [0.2, 0.25) is 11.8 Å². The Labute approximate surface area is 210 Å². The largest absolute Gasteiger partial charge is 0.444 e. The molecule has 35 heavy (non-hydrogen) atoms. The summed E-state index contributed by atoms with van der Waals surface area (Å²) in [7, 11) is 0. The Morgan fingerprint density at radius 1 is 1.03 bits per heavy atom. The van der Waals surface area contributed by atoms with E-state index in [-0.39, 0.29) is 29.1 Å². The van der Waals surface area contributed by atoms with Crippen LogP contribution in [-0.2, 0) is 19.1 Å². The average molecular weight is 492 g/mol. The first-order chi connectivity index (χ1) is 16.5. The maximum absolute atomic E-state index is 13.8. The second-order valence-electron chi connectivity index (χ2n) is 12.2. The number of nitrogens with zero attached hydrogens (tertiary/aromatic N) is 1. The SMILES string of the molecule is CC(C)(C)OC(=O)N[C@H]1CCCCCCCCCC[C@@H](C=O)NC(=O)[C@@H]2C3C(CN2C1=O)C3(C)C. The lowest BCUT2D eigenvalue weighted by Gasteiger charge is -2.34. The molecule has 0 aromatic rings. The molecule has 2 saturated heterocycles. The fourth-order valence-corrected chi connectivity index (χ4v) is 5.94. The van der Waals surface area contributed by atoms with Gasteiger partial charge in [0.15, 0.2) is 0 Å². The molecule has 0 radical (unpaired) electrons. The zero-order valence-electron chi connectivity index (χ0n) is 22.2. The zero-order valence-corrected chi connectivity index (χ0v) is 22.2. The van der Waals surface area contributed by atoms with Gasteiger partial charge in [-0.15, -0.1) is 0 Å². The molecular formula is C27H45N3O5. The van der Waals surface area contributed by atoms with Crippen LogP contribution >= 0.6 is 0 Å². The molecule has 3 amide bonds. The zero-order chi connectivity index (χ0) is 25.8. The van der Waals surface area contributed by atoms with Gasteiger partial charge >= 0.3 is 6.09 Å². The second-order valence-corrected chi connectivity index (χ2v) is 12.2. The maximum Gasteiger partial charge on any atom is 0.408 e. The molecule has 3 aliphatic rings. The molecule has 1 aliphatic carbocycles. The van der Waals surface area contributed by atoms with Gasteiger partial charge in [0, 0.05) is 6.54 Å². The van der Waals surface area contributed by atoms with Crippen molar-refractivity contribution in [2.24, 2.45) is 17.3 Å². The Balaban J connectivity index is 1.81. The smallest absolute Gasteiger partial charge is 0.408 e. The third kappa shape index (κ3) is 6.98. The van der Waals surface area contributed by atoms with E-state index in [0.717, 1.165) is 57.7 Å². The van der Waals surface area contributed by atoms with Crippen LogP contribution in [0.3, 0.4) is 0 Å². The fraction of sp³-hybridized carbons (Fsp3) is 0.852. The van der Waals surface area contributed by atoms with Gasteiger partial charge in [0.1, 0.15) is 24.0 Å². The second kappa shape index (κ2) is 11.3. The highest BCUT2D eigenvalue weighted by atomic mass is 16.6. The molecule has 0 aromatic carbocycles. The van der Waals surface area contributed by atoms with Crippen molar-refractivity contribution in [2.75, 3.05) is 6.54 Å². The summed E-state index contributed by atoms with van der Waals surface area (Å²) in [6.07, 6.45) is 9.59. The minimum atomic E-state index is -0.738. The number of piperidine rings is 1. The first-order valence-electron chi connectivity index (χ1n) is 13.5. The van der Waals surface area contributed by atoms with Crippen LogP contribution in [0.5, 0.6) is 0 Å². The molecule has 2 N–H and O–H groups in total. The predicted octanol–water partition coefficient (Wildman–Crippen LogP) is 3.96. The van der Waals surface area contributed by atoms with Gasteiger partial charge in [-0.05, 0) is 50.9 Å². The molecule has 198 valence electrons. The Hall–Kier alpha value is -2.12. The van der Waals surface area contributed by atoms with E-state index in [1.165, 1.54) is 0 Å². The fourth-order valence-electron chi connectivity index (χ4n) is 5.94. The molecule has 0 aromatic heterocycles. The lowest BCUT2D eigenvalue weighted by molar-refractivity contribution is -0.142. The summed E-state index contributed by atoms with van der Waals surface area (Å²) in [6.45, 7) is 10.1. The third-order valence-electron chi connectivity index (χ3n) is 8.00. The molecule has 0 bridgehead atoms. The molecule has 8 nitrogen and oxygen atoms in total. The highest BCUT2D eigenvalue weighted by molar-refractivity contribution is 5.93. The van der Waals surface area contributed by atoms with Crippen molar-refractivity contribution in [3.63, 3.8) is 0 Å². The van der Waals surface area contributed by atoms with E-state index in [0.29, 0.717) is 19.4 Å².